The lowest BCUT2D eigenvalue weighted by Gasteiger charge is -2.42. The fraction of sp³-hybridized carbons (Fsp3) is 0.458. The summed E-state index contributed by atoms with van der Waals surface area (Å²) in [5, 5.41) is 21.9. The Hall–Kier alpha value is -2.29. The Bertz CT molecular complexity index is 827. The monoisotopic (exact) mass is 366 g/mol. The minimum atomic E-state index is -0.205. The Morgan fingerprint density at radius 2 is 1.22 bits per heavy atom. The average Bonchev–Trinajstić information content (AvgIpc) is 2.59. The fourth-order valence-electron chi connectivity index (χ4n) is 4.73. The van der Waals surface area contributed by atoms with E-state index < -0.39 is 0 Å². The first-order valence-electron chi connectivity index (χ1n) is 9.74. The molecule has 2 N–H and O–H groups in total. The van der Waals surface area contributed by atoms with Crippen LogP contribution in [0.1, 0.15) is 71.9 Å². The molecule has 0 spiro atoms. The summed E-state index contributed by atoms with van der Waals surface area (Å²) in [4.78, 5) is 11.9. The Kier molecular flexibility index (Phi) is 5.07. The third-order valence-corrected chi connectivity index (χ3v) is 6.22. The van der Waals surface area contributed by atoms with Crippen molar-refractivity contribution in [2.24, 2.45) is 5.41 Å². The van der Waals surface area contributed by atoms with E-state index in [0.29, 0.717) is 30.1 Å². The molecule has 2 aromatic carbocycles. The molecule has 1 aliphatic carbocycles. The molecule has 0 bridgehead atoms. The minimum absolute atomic E-state index is 0.164. The van der Waals surface area contributed by atoms with E-state index in [1.165, 1.54) is 0 Å². The van der Waals surface area contributed by atoms with E-state index in [1.807, 2.05) is 52.0 Å². The first kappa shape index (κ1) is 19.5. The van der Waals surface area contributed by atoms with Crippen LogP contribution in [0, 0.1) is 33.1 Å². The third-order valence-electron chi connectivity index (χ3n) is 6.22. The summed E-state index contributed by atoms with van der Waals surface area (Å²) in [5.74, 6) is 0.730. The van der Waals surface area contributed by atoms with Gasteiger partial charge in [-0.25, -0.2) is 0 Å². The number of hydrogen-bond donors (Lipinski definition) is 2. The predicted molar refractivity (Wildman–Crippen MR) is 109 cm³/mol. The number of carbonyl (C=O) groups excluding carboxylic acids is 1. The van der Waals surface area contributed by atoms with Crippen LogP contribution in [0.3, 0.4) is 0 Å². The minimum Gasteiger partial charge on any atom is -0.507 e. The van der Waals surface area contributed by atoms with Gasteiger partial charge >= 0.3 is 0 Å². The van der Waals surface area contributed by atoms with Crippen molar-refractivity contribution in [1.29, 1.82) is 0 Å². The van der Waals surface area contributed by atoms with Crippen LogP contribution in [-0.2, 0) is 4.79 Å². The number of benzene rings is 2. The zero-order chi connectivity index (χ0) is 19.9. The van der Waals surface area contributed by atoms with Crippen LogP contribution in [0.4, 0.5) is 0 Å². The van der Waals surface area contributed by atoms with Gasteiger partial charge in [0.1, 0.15) is 17.3 Å². The zero-order valence-corrected chi connectivity index (χ0v) is 17.0. The summed E-state index contributed by atoms with van der Waals surface area (Å²) in [7, 11) is 0. The molecule has 0 atom stereocenters. The Labute approximate surface area is 162 Å². The van der Waals surface area contributed by atoms with Gasteiger partial charge in [0.2, 0.25) is 0 Å². The maximum absolute atomic E-state index is 11.9. The quantitative estimate of drug-likeness (QED) is 0.742. The van der Waals surface area contributed by atoms with E-state index in [0.717, 1.165) is 46.2 Å². The lowest BCUT2D eigenvalue weighted by Crippen LogP contribution is -2.32. The number of rotatable bonds is 3. The number of aryl methyl sites for hydroxylation is 4. The first-order chi connectivity index (χ1) is 12.6. The van der Waals surface area contributed by atoms with E-state index in [4.69, 9.17) is 0 Å². The van der Waals surface area contributed by atoms with E-state index in [1.54, 1.807) is 0 Å². The molecule has 1 saturated carbocycles. The van der Waals surface area contributed by atoms with Crippen LogP contribution in [0.25, 0.3) is 0 Å². The lowest BCUT2D eigenvalue weighted by molar-refractivity contribution is -0.122. The van der Waals surface area contributed by atoms with Crippen molar-refractivity contribution in [2.45, 2.75) is 66.2 Å². The van der Waals surface area contributed by atoms with Gasteiger partial charge in [0.25, 0.3) is 0 Å². The topological polar surface area (TPSA) is 57.5 Å². The molecule has 144 valence electrons. The number of aromatic hydroxyl groups is 2. The predicted octanol–water partition coefficient (Wildman–Crippen LogP) is 5.61. The maximum Gasteiger partial charge on any atom is 0.132 e. The van der Waals surface area contributed by atoms with E-state index in [9.17, 15) is 15.0 Å². The number of carbonyl (C=O) groups is 1. The van der Waals surface area contributed by atoms with E-state index in [2.05, 4.69) is 6.92 Å². The summed E-state index contributed by atoms with van der Waals surface area (Å²) < 4.78 is 0. The van der Waals surface area contributed by atoms with Gasteiger partial charge in [0, 0.05) is 29.9 Å². The molecular formula is C24H30O3. The molecule has 3 heteroatoms. The number of phenolic OH excluding ortho intramolecular Hbond substituents is 2. The summed E-state index contributed by atoms with van der Waals surface area (Å²) >= 11 is 0. The van der Waals surface area contributed by atoms with Crippen LogP contribution in [-0.4, -0.2) is 16.0 Å². The molecule has 2 aromatic rings. The van der Waals surface area contributed by atoms with E-state index in [-0.39, 0.29) is 11.3 Å². The molecule has 0 amide bonds. The van der Waals surface area contributed by atoms with Crippen molar-refractivity contribution in [1.82, 2.24) is 0 Å². The van der Waals surface area contributed by atoms with Crippen LogP contribution in [0.5, 0.6) is 11.5 Å². The van der Waals surface area contributed by atoms with Crippen molar-refractivity contribution in [3.63, 3.8) is 0 Å². The van der Waals surface area contributed by atoms with Gasteiger partial charge in [-0.3, -0.25) is 4.79 Å². The highest BCUT2D eigenvalue weighted by Crippen LogP contribution is 2.54. The molecule has 0 saturated heterocycles. The third kappa shape index (κ3) is 3.60. The van der Waals surface area contributed by atoms with Crippen LogP contribution < -0.4 is 0 Å². The molecule has 1 fully saturated rings. The summed E-state index contributed by atoms with van der Waals surface area (Å²) in [5.41, 5.74) is 5.36. The highest BCUT2D eigenvalue weighted by atomic mass is 16.3. The highest BCUT2D eigenvalue weighted by Gasteiger charge is 2.42. The lowest BCUT2D eigenvalue weighted by atomic mass is 9.62. The van der Waals surface area contributed by atoms with Crippen LogP contribution in [0.15, 0.2) is 24.3 Å². The standard InChI is InChI=1S/C24H30O3/c1-14-10-16(3)22(26)19(12-14)21(24(5)8-6-18(25)7-9-24)20-13-15(2)11-17(4)23(20)27/h10-13,21,26-27H,6-9H2,1-5H3. The molecule has 0 aromatic heterocycles. The zero-order valence-electron chi connectivity index (χ0n) is 17.0. The first-order valence-corrected chi connectivity index (χ1v) is 9.74. The number of phenols is 2. The second-order valence-corrected chi connectivity index (χ2v) is 8.67. The smallest absolute Gasteiger partial charge is 0.132 e. The van der Waals surface area contributed by atoms with Gasteiger partial charge in [-0.2, -0.15) is 0 Å². The second kappa shape index (κ2) is 7.03. The van der Waals surface area contributed by atoms with Gasteiger partial charge in [-0.1, -0.05) is 42.3 Å². The fourth-order valence-corrected chi connectivity index (χ4v) is 4.73. The van der Waals surface area contributed by atoms with Crippen molar-refractivity contribution in [3.8, 4) is 11.5 Å². The number of ketones is 1. The number of Topliss-reactive ketones (excluding diaryl/α,β-unsaturated/α-hetero) is 1. The molecule has 1 aliphatic rings. The molecular weight excluding hydrogens is 336 g/mol. The van der Waals surface area contributed by atoms with E-state index >= 15 is 0 Å². The normalized spacial score (nSPS) is 16.7. The molecule has 0 radical (unpaired) electrons. The van der Waals surface area contributed by atoms with Crippen molar-refractivity contribution < 1.29 is 15.0 Å². The molecule has 0 heterocycles. The van der Waals surface area contributed by atoms with Gasteiger partial charge < -0.3 is 10.2 Å². The van der Waals surface area contributed by atoms with Crippen molar-refractivity contribution in [3.05, 3.63) is 57.6 Å². The Morgan fingerprint density at radius 1 is 0.815 bits per heavy atom. The van der Waals surface area contributed by atoms with Gasteiger partial charge in [-0.05, 0) is 57.1 Å². The molecule has 0 unspecified atom stereocenters. The van der Waals surface area contributed by atoms with Gasteiger partial charge in [0.15, 0.2) is 0 Å². The highest BCUT2D eigenvalue weighted by molar-refractivity contribution is 5.79. The van der Waals surface area contributed by atoms with Gasteiger partial charge in [0.05, 0.1) is 0 Å². The molecule has 3 nitrogen and oxygen atoms in total. The number of hydrogen-bond acceptors (Lipinski definition) is 3. The summed E-state index contributed by atoms with van der Waals surface area (Å²) in [6.45, 7) is 10.1. The Balaban J connectivity index is 2.27. The average molecular weight is 367 g/mol. The largest absolute Gasteiger partial charge is 0.507 e. The van der Waals surface area contributed by atoms with Crippen LogP contribution >= 0.6 is 0 Å². The molecule has 0 aliphatic heterocycles. The maximum atomic E-state index is 11.9. The summed E-state index contributed by atoms with van der Waals surface area (Å²) in [6.07, 6.45) is 2.64. The summed E-state index contributed by atoms with van der Waals surface area (Å²) in [6, 6.07) is 8.02. The Morgan fingerprint density at radius 3 is 1.63 bits per heavy atom. The van der Waals surface area contributed by atoms with Gasteiger partial charge in [-0.15, -0.1) is 0 Å². The second-order valence-electron chi connectivity index (χ2n) is 8.67. The van der Waals surface area contributed by atoms with Crippen molar-refractivity contribution >= 4 is 5.78 Å². The van der Waals surface area contributed by atoms with Crippen LogP contribution in [0.2, 0.25) is 0 Å². The van der Waals surface area contributed by atoms with Crippen molar-refractivity contribution in [2.75, 3.05) is 0 Å². The molecule has 3 rings (SSSR count). The molecule has 27 heavy (non-hydrogen) atoms. The SMILES string of the molecule is Cc1cc(C)c(O)c(C(c2cc(C)cc(C)c2O)C2(C)CCC(=O)CC2)c1.